The van der Waals surface area contributed by atoms with E-state index in [-0.39, 0.29) is 6.54 Å². The lowest BCUT2D eigenvalue weighted by Gasteiger charge is -2.10. The summed E-state index contributed by atoms with van der Waals surface area (Å²) in [7, 11) is -3.41. The molecule has 0 aliphatic heterocycles. The fraction of sp³-hybridized carbons (Fsp3) is 0.273. The van der Waals surface area contributed by atoms with Crippen LogP contribution in [0.25, 0.3) is 10.9 Å². The quantitative estimate of drug-likeness (QED) is 0.511. The summed E-state index contributed by atoms with van der Waals surface area (Å²) in [6.07, 6.45) is 0.525. The van der Waals surface area contributed by atoms with Crippen LogP contribution in [0.2, 0.25) is 0 Å². The number of nitrogens with zero attached hydrogens (tertiary/aromatic N) is 3. The fourth-order valence-electron chi connectivity index (χ4n) is 2.90. The van der Waals surface area contributed by atoms with Crippen LogP contribution in [0, 0.1) is 18.3 Å². The van der Waals surface area contributed by atoms with Gasteiger partial charge >= 0.3 is 0 Å². The van der Waals surface area contributed by atoms with E-state index in [4.69, 9.17) is 4.74 Å². The third-order valence-electron chi connectivity index (χ3n) is 4.44. The minimum atomic E-state index is -3.41. The Morgan fingerprint density at radius 1 is 1.23 bits per heavy atom. The van der Waals surface area contributed by atoms with E-state index in [0.717, 1.165) is 22.2 Å². The van der Waals surface area contributed by atoms with Crippen molar-refractivity contribution in [3.63, 3.8) is 0 Å². The number of aryl methyl sites for hydroxylation is 1. The Labute approximate surface area is 176 Å². The molecule has 7 nitrogen and oxygen atoms in total. The Balaban J connectivity index is 1.65. The number of nitrogens with one attached hydrogen (secondary N) is 1. The van der Waals surface area contributed by atoms with Crippen molar-refractivity contribution in [1.29, 1.82) is 5.26 Å². The van der Waals surface area contributed by atoms with E-state index in [9.17, 15) is 14.0 Å². The molecule has 0 radical (unpaired) electrons. The van der Waals surface area contributed by atoms with Crippen LogP contribution in [0.15, 0.2) is 57.8 Å². The van der Waals surface area contributed by atoms with Crippen molar-refractivity contribution in [2.75, 3.05) is 25.0 Å². The molecule has 1 atom stereocenters. The van der Waals surface area contributed by atoms with Gasteiger partial charge in [0.25, 0.3) is 0 Å². The smallest absolute Gasteiger partial charge is 0.190 e. The van der Waals surface area contributed by atoms with Gasteiger partial charge < -0.3 is 10.1 Å². The van der Waals surface area contributed by atoms with Crippen LogP contribution in [-0.2, 0) is 10.0 Å². The molecule has 8 heteroatoms. The Morgan fingerprint density at radius 2 is 2.00 bits per heavy atom. The maximum atomic E-state index is 12.4. The van der Waals surface area contributed by atoms with E-state index >= 15 is 0 Å². The average molecular weight is 425 g/mol. The molecule has 2 aromatic carbocycles. The number of nitriles is 1. The molecule has 0 spiro atoms. The molecule has 0 amide bonds. The van der Waals surface area contributed by atoms with Crippen LogP contribution >= 0.6 is 0 Å². The van der Waals surface area contributed by atoms with E-state index in [1.54, 1.807) is 30.3 Å². The van der Waals surface area contributed by atoms with Gasteiger partial charge in [-0.05, 0) is 56.7 Å². The monoisotopic (exact) mass is 424 g/mol. The number of rotatable bonds is 8. The molecule has 1 unspecified atom stereocenters. The largest absolute Gasteiger partial charge is 0.494 e. The molecule has 0 aliphatic carbocycles. The van der Waals surface area contributed by atoms with Crippen molar-refractivity contribution in [3.05, 3.63) is 59.7 Å². The highest BCUT2D eigenvalue weighted by Crippen LogP contribution is 2.24. The van der Waals surface area contributed by atoms with Crippen LogP contribution in [-0.4, -0.2) is 33.4 Å². The summed E-state index contributed by atoms with van der Waals surface area (Å²) in [6.45, 7) is 5.08. The van der Waals surface area contributed by atoms with Crippen LogP contribution in [0.5, 0.6) is 5.75 Å². The first-order valence-corrected chi connectivity index (χ1v) is 11.1. The Bertz CT molecular complexity index is 1190. The maximum Gasteiger partial charge on any atom is 0.190 e. The summed E-state index contributed by atoms with van der Waals surface area (Å²) < 4.78 is 31.9. The Morgan fingerprint density at radius 3 is 2.70 bits per heavy atom. The number of anilines is 1. The highest BCUT2D eigenvalue weighted by molar-refractivity contribution is 7.88. The van der Waals surface area contributed by atoms with Crippen molar-refractivity contribution in [2.45, 2.75) is 25.2 Å². The molecular weight excluding hydrogens is 400 g/mol. The summed E-state index contributed by atoms with van der Waals surface area (Å²) in [5.41, 5.74) is 2.20. The van der Waals surface area contributed by atoms with Crippen molar-refractivity contribution in [1.82, 2.24) is 4.98 Å². The molecule has 0 saturated heterocycles. The fourth-order valence-corrected chi connectivity index (χ4v) is 3.91. The number of hydrogen-bond donors (Lipinski definition) is 2. The van der Waals surface area contributed by atoms with Crippen LogP contribution in [0.3, 0.4) is 0 Å². The molecule has 1 heterocycles. The zero-order chi connectivity index (χ0) is 21.6. The van der Waals surface area contributed by atoms with Gasteiger partial charge in [0.2, 0.25) is 0 Å². The van der Waals surface area contributed by atoms with Gasteiger partial charge in [0.1, 0.15) is 17.6 Å². The third-order valence-corrected chi connectivity index (χ3v) is 5.86. The van der Waals surface area contributed by atoms with Gasteiger partial charge in [0.15, 0.2) is 10.0 Å². The summed E-state index contributed by atoms with van der Waals surface area (Å²) >= 11 is 0. The van der Waals surface area contributed by atoms with Crippen molar-refractivity contribution in [3.8, 4) is 11.8 Å². The lowest BCUT2D eigenvalue weighted by molar-refractivity contribution is 0.340. The molecule has 0 fully saturated rings. The van der Waals surface area contributed by atoms with E-state index < -0.39 is 10.0 Å². The Kier molecular flexibility index (Phi) is 6.87. The molecular formula is C22H24N4O3S. The molecule has 3 aromatic rings. The summed E-state index contributed by atoms with van der Waals surface area (Å²) in [6, 6.07) is 16.3. The molecule has 0 bridgehead atoms. The molecule has 30 heavy (non-hydrogen) atoms. The second-order valence-corrected chi connectivity index (χ2v) is 8.45. The van der Waals surface area contributed by atoms with Crippen molar-refractivity contribution in [2.24, 2.45) is 4.36 Å². The highest BCUT2D eigenvalue weighted by atomic mass is 32.2. The van der Waals surface area contributed by atoms with Gasteiger partial charge in [0.05, 0.1) is 29.1 Å². The van der Waals surface area contributed by atoms with Crippen molar-refractivity contribution < 1.29 is 13.5 Å². The van der Waals surface area contributed by atoms with Crippen molar-refractivity contribution >= 4 is 26.7 Å². The van der Waals surface area contributed by atoms with Gasteiger partial charge in [0, 0.05) is 11.9 Å². The molecule has 3 rings (SSSR count). The molecule has 0 saturated carbocycles. The van der Waals surface area contributed by atoms with E-state index in [2.05, 4.69) is 20.7 Å². The topological polar surface area (TPSA) is 108 Å². The van der Waals surface area contributed by atoms with Gasteiger partial charge in [-0.15, -0.1) is 0 Å². The predicted octanol–water partition coefficient (Wildman–Crippen LogP) is 4.62. The average Bonchev–Trinajstić information content (AvgIpc) is 2.73. The lowest BCUT2D eigenvalue weighted by Crippen LogP contribution is -2.08. The minimum absolute atomic E-state index is 0.212. The minimum Gasteiger partial charge on any atom is -0.494 e. The standard InChI is InChI=1S/C22H24N4O3S/c1-3-29-19-7-10-21-17(14-19)13-18(15-23)22(26-21)24-11-4-12-25-30(27,28)20-8-5-16(2)6-9-20/h5-10,13-14H,3-4,11-12H2,1-2H3,(H,24,26)(H,25,27,28). The number of ether oxygens (including phenoxy) is 1. The van der Waals surface area contributed by atoms with Crippen LogP contribution in [0.4, 0.5) is 5.82 Å². The van der Waals surface area contributed by atoms with Crippen LogP contribution in [0.1, 0.15) is 24.5 Å². The van der Waals surface area contributed by atoms with Gasteiger partial charge in [-0.3, -0.25) is 4.55 Å². The SMILES string of the molecule is CCOc1ccc2nc(NCCCN=S(=O)(O)c3ccc(C)cc3)c(C#N)cc2c1. The van der Waals surface area contributed by atoms with E-state index in [1.807, 2.05) is 32.0 Å². The summed E-state index contributed by atoms with van der Waals surface area (Å²) in [4.78, 5) is 4.83. The number of fused-ring (bicyclic) bond motifs is 1. The first kappa shape index (κ1) is 21.6. The number of benzene rings is 2. The summed E-state index contributed by atoms with van der Waals surface area (Å²) in [5, 5.41) is 13.4. The zero-order valence-electron chi connectivity index (χ0n) is 17.0. The molecule has 1 aromatic heterocycles. The normalized spacial score (nSPS) is 12.7. The Hall–Kier alpha value is -3.15. The van der Waals surface area contributed by atoms with Gasteiger partial charge in [-0.25, -0.2) is 13.6 Å². The maximum absolute atomic E-state index is 12.4. The number of pyridine rings is 1. The van der Waals surface area contributed by atoms with E-state index in [0.29, 0.717) is 35.8 Å². The number of aromatic nitrogens is 1. The van der Waals surface area contributed by atoms with Gasteiger partial charge in [-0.2, -0.15) is 5.26 Å². The first-order valence-electron chi connectivity index (χ1n) is 9.66. The number of hydrogen-bond acceptors (Lipinski definition) is 6. The van der Waals surface area contributed by atoms with E-state index in [1.165, 1.54) is 0 Å². The second kappa shape index (κ2) is 9.57. The third kappa shape index (κ3) is 5.26. The lowest BCUT2D eigenvalue weighted by atomic mass is 10.1. The molecule has 156 valence electrons. The first-order chi connectivity index (χ1) is 14.4. The zero-order valence-corrected chi connectivity index (χ0v) is 17.8. The van der Waals surface area contributed by atoms with Crippen LogP contribution < -0.4 is 10.1 Å². The molecule has 2 N–H and O–H groups in total. The summed E-state index contributed by atoms with van der Waals surface area (Å²) in [5.74, 6) is 1.22. The highest BCUT2D eigenvalue weighted by Gasteiger charge is 2.09. The second-order valence-electron chi connectivity index (χ2n) is 6.73. The van der Waals surface area contributed by atoms with Gasteiger partial charge in [-0.1, -0.05) is 17.7 Å². The molecule has 0 aliphatic rings. The predicted molar refractivity (Wildman–Crippen MR) is 118 cm³/mol.